The molecule has 1 aliphatic rings. The molecule has 1 unspecified atom stereocenters. The average Bonchev–Trinajstić information content (AvgIpc) is 2.99. The fraction of sp³-hybridized carbons (Fsp3) is 0.533. The number of amides is 1. The van der Waals surface area contributed by atoms with E-state index in [2.05, 4.69) is 10.6 Å². The number of hydrogen-bond acceptors (Lipinski definition) is 4. The molecule has 1 fully saturated rings. The molecule has 1 aromatic carbocycles. The Kier molecular flexibility index (Phi) is 5.24. The van der Waals surface area contributed by atoms with Crippen LogP contribution in [0.2, 0.25) is 0 Å². The standard InChI is InChI=1S/C15H22N2O3/c1-19-13-5-3-4-12(14(13)20-2)15(18)17-9-7-11-6-8-16-10-11/h3-5,11,16H,6-10H2,1-2H3,(H,17,18). The molecule has 1 atom stereocenters. The predicted molar refractivity (Wildman–Crippen MR) is 77.5 cm³/mol. The third-order valence-corrected chi connectivity index (χ3v) is 3.65. The van der Waals surface area contributed by atoms with E-state index in [1.165, 1.54) is 6.42 Å². The number of ether oxygens (including phenoxy) is 2. The van der Waals surface area contributed by atoms with Crippen molar-refractivity contribution in [2.75, 3.05) is 33.9 Å². The van der Waals surface area contributed by atoms with Crippen LogP contribution in [0.5, 0.6) is 11.5 Å². The van der Waals surface area contributed by atoms with Gasteiger partial charge in [-0.05, 0) is 44.0 Å². The van der Waals surface area contributed by atoms with Gasteiger partial charge in [-0.2, -0.15) is 0 Å². The average molecular weight is 278 g/mol. The lowest BCUT2D eigenvalue weighted by Gasteiger charge is -2.13. The monoisotopic (exact) mass is 278 g/mol. The molecule has 2 rings (SSSR count). The zero-order valence-electron chi connectivity index (χ0n) is 12.1. The molecular formula is C15H22N2O3. The normalized spacial score (nSPS) is 17.8. The first kappa shape index (κ1) is 14.7. The van der Waals surface area contributed by atoms with Crippen molar-refractivity contribution in [3.8, 4) is 11.5 Å². The largest absolute Gasteiger partial charge is 0.493 e. The molecule has 5 nitrogen and oxygen atoms in total. The maximum Gasteiger partial charge on any atom is 0.255 e. The van der Waals surface area contributed by atoms with Gasteiger partial charge < -0.3 is 20.1 Å². The highest BCUT2D eigenvalue weighted by atomic mass is 16.5. The van der Waals surface area contributed by atoms with Gasteiger partial charge in [0.1, 0.15) is 0 Å². The Hall–Kier alpha value is -1.75. The minimum atomic E-state index is -0.119. The number of methoxy groups -OCH3 is 2. The van der Waals surface area contributed by atoms with E-state index in [0.29, 0.717) is 29.5 Å². The van der Waals surface area contributed by atoms with Crippen molar-refractivity contribution in [3.63, 3.8) is 0 Å². The van der Waals surface area contributed by atoms with Gasteiger partial charge in [0.05, 0.1) is 19.8 Å². The molecule has 0 saturated carbocycles. The zero-order valence-corrected chi connectivity index (χ0v) is 12.1. The topological polar surface area (TPSA) is 59.6 Å². The lowest BCUT2D eigenvalue weighted by Crippen LogP contribution is -2.26. The number of nitrogens with one attached hydrogen (secondary N) is 2. The van der Waals surface area contributed by atoms with Crippen LogP contribution in [0.3, 0.4) is 0 Å². The molecule has 110 valence electrons. The van der Waals surface area contributed by atoms with E-state index in [1.54, 1.807) is 32.4 Å². The van der Waals surface area contributed by atoms with Crippen LogP contribution in [-0.2, 0) is 0 Å². The first-order chi connectivity index (χ1) is 9.76. The fourth-order valence-corrected chi connectivity index (χ4v) is 2.51. The van der Waals surface area contributed by atoms with Gasteiger partial charge in [0, 0.05) is 6.54 Å². The SMILES string of the molecule is COc1cccc(C(=O)NCCC2CCNC2)c1OC. The van der Waals surface area contributed by atoms with Gasteiger partial charge in [-0.1, -0.05) is 6.07 Å². The van der Waals surface area contributed by atoms with Gasteiger partial charge >= 0.3 is 0 Å². The van der Waals surface area contributed by atoms with E-state index in [9.17, 15) is 4.79 Å². The molecule has 1 amide bonds. The number of carbonyl (C=O) groups excluding carboxylic acids is 1. The number of carbonyl (C=O) groups is 1. The van der Waals surface area contributed by atoms with Gasteiger partial charge in [-0.15, -0.1) is 0 Å². The van der Waals surface area contributed by atoms with E-state index in [1.807, 2.05) is 0 Å². The maximum atomic E-state index is 12.2. The molecule has 5 heteroatoms. The van der Waals surface area contributed by atoms with Crippen molar-refractivity contribution in [1.82, 2.24) is 10.6 Å². The van der Waals surface area contributed by atoms with Gasteiger partial charge in [0.2, 0.25) is 0 Å². The predicted octanol–water partition coefficient (Wildman–Crippen LogP) is 1.43. The van der Waals surface area contributed by atoms with Crippen LogP contribution in [0.1, 0.15) is 23.2 Å². The van der Waals surface area contributed by atoms with Crippen LogP contribution < -0.4 is 20.1 Å². The highest BCUT2D eigenvalue weighted by molar-refractivity contribution is 5.97. The van der Waals surface area contributed by atoms with Gasteiger partial charge in [0.15, 0.2) is 11.5 Å². The summed E-state index contributed by atoms with van der Waals surface area (Å²) in [5.41, 5.74) is 0.511. The first-order valence-electron chi connectivity index (χ1n) is 6.96. The van der Waals surface area contributed by atoms with Crippen molar-refractivity contribution in [1.29, 1.82) is 0 Å². The summed E-state index contributed by atoms with van der Waals surface area (Å²) in [5.74, 6) is 1.60. The summed E-state index contributed by atoms with van der Waals surface area (Å²) in [6, 6.07) is 5.31. The highest BCUT2D eigenvalue weighted by Crippen LogP contribution is 2.30. The molecule has 1 saturated heterocycles. The molecule has 20 heavy (non-hydrogen) atoms. The van der Waals surface area contributed by atoms with Gasteiger partial charge in [-0.3, -0.25) is 4.79 Å². The molecule has 1 aliphatic heterocycles. The number of para-hydroxylation sites is 1. The third kappa shape index (κ3) is 3.42. The van der Waals surface area contributed by atoms with Crippen LogP contribution in [0.15, 0.2) is 18.2 Å². The summed E-state index contributed by atoms with van der Waals surface area (Å²) in [5, 5.41) is 6.28. The lowest BCUT2D eigenvalue weighted by molar-refractivity contribution is 0.0948. The summed E-state index contributed by atoms with van der Waals surface area (Å²) >= 11 is 0. The summed E-state index contributed by atoms with van der Waals surface area (Å²) < 4.78 is 10.5. The summed E-state index contributed by atoms with van der Waals surface area (Å²) in [7, 11) is 3.10. The lowest BCUT2D eigenvalue weighted by atomic mass is 10.1. The molecule has 2 N–H and O–H groups in total. The van der Waals surface area contributed by atoms with Crippen molar-refractivity contribution < 1.29 is 14.3 Å². The van der Waals surface area contributed by atoms with Crippen LogP contribution in [0, 0.1) is 5.92 Å². The fourth-order valence-electron chi connectivity index (χ4n) is 2.51. The third-order valence-electron chi connectivity index (χ3n) is 3.65. The number of rotatable bonds is 6. The molecule has 0 radical (unpaired) electrons. The van der Waals surface area contributed by atoms with Crippen LogP contribution in [-0.4, -0.2) is 39.8 Å². The molecule has 1 aromatic rings. The Labute approximate surface area is 119 Å². The molecule has 0 bridgehead atoms. The van der Waals surface area contributed by atoms with E-state index < -0.39 is 0 Å². The maximum absolute atomic E-state index is 12.2. The quantitative estimate of drug-likeness (QED) is 0.826. The van der Waals surface area contributed by atoms with E-state index in [-0.39, 0.29) is 5.91 Å². The smallest absolute Gasteiger partial charge is 0.255 e. The second-order valence-corrected chi connectivity index (χ2v) is 4.94. The molecule has 0 aromatic heterocycles. The Bertz CT molecular complexity index is 456. The van der Waals surface area contributed by atoms with E-state index in [0.717, 1.165) is 19.5 Å². The Morgan fingerprint density at radius 1 is 1.40 bits per heavy atom. The van der Waals surface area contributed by atoms with Crippen molar-refractivity contribution in [3.05, 3.63) is 23.8 Å². The van der Waals surface area contributed by atoms with Crippen molar-refractivity contribution in [2.24, 2.45) is 5.92 Å². The Morgan fingerprint density at radius 3 is 2.90 bits per heavy atom. The van der Waals surface area contributed by atoms with Crippen LogP contribution in [0.4, 0.5) is 0 Å². The van der Waals surface area contributed by atoms with Crippen molar-refractivity contribution >= 4 is 5.91 Å². The second-order valence-electron chi connectivity index (χ2n) is 4.94. The Morgan fingerprint density at radius 2 is 2.25 bits per heavy atom. The summed E-state index contributed by atoms with van der Waals surface area (Å²) in [6.45, 7) is 2.83. The minimum absolute atomic E-state index is 0.119. The van der Waals surface area contributed by atoms with Gasteiger partial charge in [0.25, 0.3) is 5.91 Å². The summed E-state index contributed by atoms with van der Waals surface area (Å²) in [6.07, 6.45) is 2.20. The first-order valence-corrected chi connectivity index (χ1v) is 6.96. The Balaban J connectivity index is 1.94. The number of benzene rings is 1. The molecular weight excluding hydrogens is 256 g/mol. The van der Waals surface area contributed by atoms with Gasteiger partial charge in [-0.25, -0.2) is 0 Å². The number of hydrogen-bond donors (Lipinski definition) is 2. The second kappa shape index (κ2) is 7.14. The van der Waals surface area contributed by atoms with Crippen LogP contribution in [0.25, 0.3) is 0 Å². The van der Waals surface area contributed by atoms with Crippen molar-refractivity contribution in [2.45, 2.75) is 12.8 Å². The van der Waals surface area contributed by atoms with E-state index >= 15 is 0 Å². The molecule has 1 heterocycles. The molecule has 0 spiro atoms. The van der Waals surface area contributed by atoms with E-state index in [4.69, 9.17) is 9.47 Å². The minimum Gasteiger partial charge on any atom is -0.493 e. The summed E-state index contributed by atoms with van der Waals surface area (Å²) in [4.78, 5) is 12.2. The zero-order chi connectivity index (χ0) is 14.4. The molecule has 0 aliphatic carbocycles. The van der Waals surface area contributed by atoms with Crippen LogP contribution >= 0.6 is 0 Å². The highest BCUT2D eigenvalue weighted by Gasteiger charge is 2.17.